The first-order chi connectivity index (χ1) is 10.8. The van der Waals surface area contributed by atoms with Crippen molar-refractivity contribution in [2.24, 2.45) is 5.92 Å². The smallest absolute Gasteiger partial charge is 0.146 e. The fraction of sp³-hybridized carbons (Fsp3) is 0.333. The lowest BCUT2D eigenvalue weighted by Crippen LogP contribution is -2.01. The van der Waals surface area contributed by atoms with Gasteiger partial charge in [-0.05, 0) is 67.5 Å². The minimum atomic E-state index is -0.374. The van der Waals surface area contributed by atoms with E-state index in [1.807, 2.05) is 19.1 Å². The summed E-state index contributed by atoms with van der Waals surface area (Å²) in [5.74, 6) is 0.0683. The molecular weight excluding hydrogens is 285 g/mol. The van der Waals surface area contributed by atoms with Gasteiger partial charge in [-0.15, -0.1) is 0 Å². The minimum absolute atomic E-state index is 0.186. The lowest BCUT2D eigenvalue weighted by molar-refractivity contribution is 0.632. The second-order valence-electron chi connectivity index (χ2n) is 6.12. The number of anilines is 1. The molecule has 23 heavy (non-hydrogen) atoms. The number of hydrogen-bond donors (Lipinski definition) is 1. The second kappa shape index (κ2) is 8.52. The molecule has 1 rings (SSSR count). The number of nitrogens with two attached hydrogens (primary N) is 1. The third-order valence-corrected chi connectivity index (χ3v) is 4.22. The van der Waals surface area contributed by atoms with Crippen LogP contribution < -0.4 is 5.73 Å². The quantitative estimate of drug-likeness (QED) is 0.483. The molecule has 0 aliphatic carbocycles. The van der Waals surface area contributed by atoms with Crippen LogP contribution in [0.15, 0.2) is 59.7 Å². The Bertz CT molecular complexity index is 662. The van der Waals surface area contributed by atoms with Crippen molar-refractivity contribution in [1.82, 2.24) is 0 Å². The number of nitrogen functional groups attached to an aromatic ring is 1. The molecule has 0 aliphatic rings. The Hall–Kier alpha value is -2.09. The van der Waals surface area contributed by atoms with Crippen molar-refractivity contribution in [3.05, 3.63) is 71.1 Å². The first kappa shape index (κ1) is 19.0. The van der Waals surface area contributed by atoms with Crippen molar-refractivity contribution in [3.63, 3.8) is 0 Å². The van der Waals surface area contributed by atoms with Crippen LogP contribution in [0.5, 0.6) is 0 Å². The number of hydrogen-bond acceptors (Lipinski definition) is 1. The standard InChI is InChI=1S/C21H28FN/c1-7-15(4)19(10-8-9-14(2)3)17(6)16(5)18-11-12-20(22)21(23)13-18/h8-13,15H,2,7,23H2,1,3-6H3/b9-8-,17-16-,19-10+. The maximum absolute atomic E-state index is 13.4. The van der Waals surface area contributed by atoms with Gasteiger partial charge in [-0.25, -0.2) is 4.39 Å². The SMILES string of the molecule is C=C(C)\C=C/C=C(/C(C)=C(/C)c1ccc(F)c(N)c1)C(C)CC. The van der Waals surface area contributed by atoms with E-state index in [0.29, 0.717) is 5.92 Å². The molecule has 1 nitrogen and oxygen atoms in total. The van der Waals surface area contributed by atoms with E-state index in [1.165, 1.54) is 17.2 Å². The van der Waals surface area contributed by atoms with Crippen LogP contribution in [0.25, 0.3) is 5.57 Å². The topological polar surface area (TPSA) is 26.0 Å². The molecule has 0 saturated heterocycles. The maximum Gasteiger partial charge on any atom is 0.146 e. The molecule has 0 saturated carbocycles. The fourth-order valence-electron chi connectivity index (χ4n) is 2.40. The monoisotopic (exact) mass is 313 g/mol. The molecule has 0 aromatic heterocycles. The highest BCUT2D eigenvalue weighted by Crippen LogP contribution is 2.30. The number of allylic oxidation sites excluding steroid dienone is 7. The highest BCUT2D eigenvalue weighted by atomic mass is 19.1. The average Bonchev–Trinajstić information content (AvgIpc) is 2.52. The van der Waals surface area contributed by atoms with Gasteiger partial charge in [-0.3, -0.25) is 0 Å². The maximum atomic E-state index is 13.4. The zero-order valence-electron chi connectivity index (χ0n) is 14.9. The van der Waals surface area contributed by atoms with E-state index in [0.717, 1.165) is 23.1 Å². The van der Waals surface area contributed by atoms with Crippen LogP contribution in [0, 0.1) is 11.7 Å². The van der Waals surface area contributed by atoms with E-state index in [9.17, 15) is 4.39 Å². The number of benzene rings is 1. The molecule has 0 aliphatic heterocycles. The third kappa shape index (κ3) is 5.24. The Morgan fingerprint density at radius 1 is 1.30 bits per heavy atom. The zero-order valence-corrected chi connectivity index (χ0v) is 14.9. The Labute approximate surface area is 140 Å². The van der Waals surface area contributed by atoms with Crippen molar-refractivity contribution >= 4 is 11.3 Å². The summed E-state index contributed by atoms with van der Waals surface area (Å²) in [5.41, 5.74) is 11.5. The van der Waals surface area contributed by atoms with Crippen molar-refractivity contribution in [3.8, 4) is 0 Å². The van der Waals surface area contributed by atoms with Gasteiger partial charge < -0.3 is 5.73 Å². The summed E-state index contributed by atoms with van der Waals surface area (Å²) in [6, 6.07) is 4.91. The van der Waals surface area contributed by atoms with Crippen LogP contribution in [0.2, 0.25) is 0 Å². The first-order valence-electron chi connectivity index (χ1n) is 8.04. The molecule has 2 N–H and O–H groups in total. The molecule has 0 bridgehead atoms. The second-order valence-corrected chi connectivity index (χ2v) is 6.12. The Morgan fingerprint density at radius 3 is 2.48 bits per heavy atom. The van der Waals surface area contributed by atoms with E-state index in [2.05, 4.69) is 40.3 Å². The lowest BCUT2D eigenvalue weighted by atomic mass is 9.87. The van der Waals surface area contributed by atoms with E-state index in [-0.39, 0.29) is 11.5 Å². The molecule has 0 radical (unpaired) electrons. The molecular formula is C21H28FN. The number of halogens is 1. The first-order valence-corrected chi connectivity index (χ1v) is 8.04. The molecule has 1 aromatic rings. The largest absolute Gasteiger partial charge is 0.396 e. The van der Waals surface area contributed by atoms with Crippen molar-refractivity contribution in [1.29, 1.82) is 0 Å². The highest BCUT2D eigenvalue weighted by molar-refractivity contribution is 5.72. The molecule has 0 heterocycles. The van der Waals surface area contributed by atoms with Gasteiger partial charge in [0.2, 0.25) is 0 Å². The third-order valence-electron chi connectivity index (χ3n) is 4.22. The van der Waals surface area contributed by atoms with Gasteiger partial charge in [0.25, 0.3) is 0 Å². The number of rotatable bonds is 6. The fourth-order valence-corrected chi connectivity index (χ4v) is 2.40. The summed E-state index contributed by atoms with van der Waals surface area (Å²) in [5, 5.41) is 0. The van der Waals surface area contributed by atoms with Crippen LogP contribution in [0.3, 0.4) is 0 Å². The molecule has 1 unspecified atom stereocenters. The normalized spacial score (nSPS) is 14.8. The Kier molecular flexibility index (Phi) is 7.02. The molecule has 0 fully saturated rings. The predicted octanol–water partition coefficient (Wildman–Crippen LogP) is 6.31. The van der Waals surface area contributed by atoms with Crippen LogP contribution in [0.1, 0.15) is 46.6 Å². The van der Waals surface area contributed by atoms with Gasteiger partial charge in [0.15, 0.2) is 0 Å². The molecule has 124 valence electrons. The molecule has 0 amide bonds. The molecule has 0 spiro atoms. The molecule has 2 heteroatoms. The van der Waals surface area contributed by atoms with Gasteiger partial charge in [-0.1, -0.05) is 50.3 Å². The predicted molar refractivity (Wildman–Crippen MR) is 101 cm³/mol. The molecule has 1 aromatic carbocycles. The van der Waals surface area contributed by atoms with E-state index in [4.69, 9.17) is 5.73 Å². The van der Waals surface area contributed by atoms with Crippen molar-refractivity contribution in [2.45, 2.75) is 41.0 Å². The van der Waals surface area contributed by atoms with Crippen LogP contribution in [-0.2, 0) is 0 Å². The van der Waals surface area contributed by atoms with Gasteiger partial charge in [0, 0.05) is 0 Å². The summed E-state index contributed by atoms with van der Waals surface area (Å²) in [4.78, 5) is 0. The van der Waals surface area contributed by atoms with E-state index < -0.39 is 0 Å². The summed E-state index contributed by atoms with van der Waals surface area (Å²) < 4.78 is 13.4. The van der Waals surface area contributed by atoms with Crippen LogP contribution in [-0.4, -0.2) is 0 Å². The van der Waals surface area contributed by atoms with Crippen molar-refractivity contribution < 1.29 is 4.39 Å². The van der Waals surface area contributed by atoms with Crippen LogP contribution in [0.4, 0.5) is 10.1 Å². The summed E-state index contributed by atoms with van der Waals surface area (Å²) in [6.07, 6.45) is 7.25. The Balaban J connectivity index is 3.32. The Morgan fingerprint density at radius 2 is 1.96 bits per heavy atom. The summed E-state index contributed by atoms with van der Waals surface area (Å²) in [6.45, 7) is 14.4. The molecule has 1 atom stereocenters. The van der Waals surface area contributed by atoms with Crippen LogP contribution >= 0.6 is 0 Å². The van der Waals surface area contributed by atoms with E-state index in [1.54, 1.807) is 12.1 Å². The highest BCUT2D eigenvalue weighted by Gasteiger charge is 2.12. The lowest BCUT2D eigenvalue weighted by Gasteiger charge is -2.18. The van der Waals surface area contributed by atoms with Gasteiger partial charge in [-0.2, -0.15) is 0 Å². The minimum Gasteiger partial charge on any atom is -0.396 e. The zero-order chi connectivity index (χ0) is 17.6. The van der Waals surface area contributed by atoms with Gasteiger partial charge in [0.1, 0.15) is 5.82 Å². The van der Waals surface area contributed by atoms with Gasteiger partial charge >= 0.3 is 0 Å². The van der Waals surface area contributed by atoms with Gasteiger partial charge in [0.05, 0.1) is 5.69 Å². The van der Waals surface area contributed by atoms with Crippen molar-refractivity contribution in [2.75, 3.05) is 5.73 Å². The van der Waals surface area contributed by atoms with E-state index >= 15 is 0 Å². The summed E-state index contributed by atoms with van der Waals surface area (Å²) >= 11 is 0. The average molecular weight is 313 g/mol. The summed E-state index contributed by atoms with van der Waals surface area (Å²) in [7, 11) is 0.